The van der Waals surface area contributed by atoms with Gasteiger partial charge in [-0.15, -0.1) is 4.80 Å². The van der Waals surface area contributed by atoms with Gasteiger partial charge in [-0.3, -0.25) is 0 Å². The molecule has 3 aromatic heterocycles. The Bertz CT molecular complexity index is 598. The van der Waals surface area contributed by atoms with Crippen LogP contribution >= 0.6 is 0 Å². The normalized spacial score (nSPS) is 10.9. The van der Waals surface area contributed by atoms with Crippen molar-refractivity contribution in [1.29, 1.82) is 0 Å². The number of aromatic nitrogens is 5. The van der Waals surface area contributed by atoms with Crippen molar-refractivity contribution in [2.75, 3.05) is 0 Å². The molecule has 0 saturated carbocycles. The Kier molecular flexibility index (Phi) is 1.61. The van der Waals surface area contributed by atoms with Crippen molar-refractivity contribution in [3.63, 3.8) is 0 Å². The van der Waals surface area contributed by atoms with Gasteiger partial charge in [-0.05, 0) is 12.1 Å². The van der Waals surface area contributed by atoms with Gasteiger partial charge in [-0.2, -0.15) is 10.2 Å². The highest BCUT2D eigenvalue weighted by atomic mass is 15.5. The lowest BCUT2D eigenvalue weighted by atomic mass is 9.94. The SMILES string of the molecule is [B]c1cc(-n2nccn2)nc2[nH]ccc12. The number of rotatable bonds is 1. The van der Waals surface area contributed by atoms with Crippen molar-refractivity contribution in [3.05, 3.63) is 30.7 Å². The summed E-state index contributed by atoms with van der Waals surface area (Å²) in [6.45, 7) is 0. The van der Waals surface area contributed by atoms with Gasteiger partial charge >= 0.3 is 0 Å². The van der Waals surface area contributed by atoms with Crippen LogP contribution in [-0.4, -0.2) is 32.8 Å². The van der Waals surface area contributed by atoms with Gasteiger partial charge in [0.1, 0.15) is 13.5 Å². The highest BCUT2D eigenvalue weighted by Crippen LogP contribution is 2.08. The van der Waals surface area contributed by atoms with Crippen LogP contribution in [0.25, 0.3) is 16.9 Å². The third kappa shape index (κ3) is 1.22. The number of aromatic amines is 1. The van der Waals surface area contributed by atoms with Crippen LogP contribution in [0.4, 0.5) is 0 Å². The molecule has 0 unspecified atom stereocenters. The van der Waals surface area contributed by atoms with Gasteiger partial charge in [-0.25, -0.2) is 4.98 Å². The van der Waals surface area contributed by atoms with Gasteiger partial charge in [0.15, 0.2) is 5.82 Å². The number of hydrogen-bond acceptors (Lipinski definition) is 3. The third-order valence-electron chi connectivity index (χ3n) is 2.17. The summed E-state index contributed by atoms with van der Waals surface area (Å²) in [6, 6.07) is 3.63. The standard InChI is InChI=1S/C9H6BN5/c10-7-5-8(15-12-3-4-13-15)14-9-6(7)1-2-11-9/h1-5H,(H,11,14). The van der Waals surface area contributed by atoms with Crippen molar-refractivity contribution in [1.82, 2.24) is 25.0 Å². The number of H-pyrrole nitrogens is 1. The third-order valence-corrected chi connectivity index (χ3v) is 2.17. The van der Waals surface area contributed by atoms with E-state index in [4.69, 9.17) is 7.85 Å². The second-order valence-electron chi connectivity index (χ2n) is 3.13. The molecule has 0 aromatic carbocycles. The van der Waals surface area contributed by atoms with E-state index in [9.17, 15) is 0 Å². The molecule has 0 spiro atoms. The molecule has 1 N–H and O–H groups in total. The Labute approximate surface area is 86.5 Å². The molecule has 2 radical (unpaired) electrons. The molecule has 6 heteroatoms. The molecule has 0 bridgehead atoms. The van der Waals surface area contributed by atoms with E-state index in [1.165, 1.54) is 4.80 Å². The quantitative estimate of drug-likeness (QED) is 0.553. The first-order valence-corrected chi connectivity index (χ1v) is 4.45. The monoisotopic (exact) mass is 195 g/mol. The predicted octanol–water partition coefficient (Wildman–Crippen LogP) is -0.0626. The van der Waals surface area contributed by atoms with E-state index in [-0.39, 0.29) is 0 Å². The molecule has 0 fully saturated rings. The second kappa shape index (κ2) is 2.95. The van der Waals surface area contributed by atoms with Crippen molar-refractivity contribution < 1.29 is 0 Å². The van der Waals surface area contributed by atoms with Crippen molar-refractivity contribution in [2.45, 2.75) is 0 Å². The predicted molar refractivity (Wildman–Crippen MR) is 56.4 cm³/mol. The summed E-state index contributed by atoms with van der Waals surface area (Å²) in [5, 5.41) is 8.89. The van der Waals surface area contributed by atoms with Gasteiger partial charge < -0.3 is 4.98 Å². The topological polar surface area (TPSA) is 59.4 Å². The molecule has 0 amide bonds. The van der Waals surface area contributed by atoms with Gasteiger partial charge in [0.2, 0.25) is 0 Å². The molecular weight excluding hydrogens is 189 g/mol. The Morgan fingerprint density at radius 1 is 1.27 bits per heavy atom. The zero-order valence-corrected chi connectivity index (χ0v) is 7.75. The largest absolute Gasteiger partial charge is 0.346 e. The van der Waals surface area contributed by atoms with Crippen LogP contribution in [0.2, 0.25) is 0 Å². The zero-order valence-electron chi connectivity index (χ0n) is 7.75. The summed E-state index contributed by atoms with van der Waals surface area (Å²) in [6.07, 6.45) is 4.99. The van der Waals surface area contributed by atoms with E-state index in [0.717, 1.165) is 11.0 Å². The molecule has 3 aromatic rings. The number of nitrogens with one attached hydrogen (secondary N) is 1. The maximum atomic E-state index is 5.88. The van der Waals surface area contributed by atoms with E-state index in [1.54, 1.807) is 24.7 Å². The Balaban J connectivity index is 2.29. The molecule has 0 aliphatic carbocycles. The molecule has 3 heterocycles. The molecule has 70 valence electrons. The summed E-state index contributed by atoms with van der Waals surface area (Å²) in [4.78, 5) is 8.77. The maximum Gasteiger partial charge on any atom is 0.175 e. The minimum atomic E-state index is 0.604. The minimum absolute atomic E-state index is 0.604. The second-order valence-corrected chi connectivity index (χ2v) is 3.13. The van der Waals surface area contributed by atoms with Crippen molar-refractivity contribution >= 4 is 24.3 Å². The maximum absolute atomic E-state index is 5.88. The van der Waals surface area contributed by atoms with E-state index >= 15 is 0 Å². The molecule has 0 aliphatic heterocycles. The number of hydrogen-bond donors (Lipinski definition) is 1. The first kappa shape index (κ1) is 8.22. The van der Waals surface area contributed by atoms with E-state index in [1.807, 2.05) is 6.07 Å². The van der Waals surface area contributed by atoms with Gasteiger partial charge in [0.05, 0.1) is 12.4 Å². The summed E-state index contributed by atoms with van der Waals surface area (Å²) in [7, 11) is 5.88. The Morgan fingerprint density at radius 2 is 2.07 bits per heavy atom. The minimum Gasteiger partial charge on any atom is -0.346 e. The summed E-state index contributed by atoms with van der Waals surface area (Å²) >= 11 is 0. The lowest BCUT2D eigenvalue weighted by Gasteiger charge is -2.01. The number of fused-ring (bicyclic) bond motifs is 1. The fourth-order valence-corrected chi connectivity index (χ4v) is 1.49. The highest BCUT2D eigenvalue weighted by Gasteiger charge is 2.05. The summed E-state index contributed by atoms with van der Waals surface area (Å²) < 4.78 is 0. The molecule has 0 aliphatic rings. The highest BCUT2D eigenvalue weighted by molar-refractivity contribution is 6.38. The Hall–Kier alpha value is -2.11. The molecular formula is C9H6BN5. The molecule has 15 heavy (non-hydrogen) atoms. The van der Waals surface area contributed by atoms with Crippen LogP contribution < -0.4 is 5.46 Å². The average molecular weight is 195 g/mol. The molecule has 3 rings (SSSR count). The molecule has 0 saturated heterocycles. The number of nitrogens with zero attached hydrogens (tertiary/aromatic N) is 4. The summed E-state index contributed by atoms with van der Waals surface area (Å²) in [5.74, 6) is 0.604. The van der Waals surface area contributed by atoms with Crippen LogP contribution in [0, 0.1) is 0 Å². The van der Waals surface area contributed by atoms with Crippen LogP contribution in [0.5, 0.6) is 0 Å². The van der Waals surface area contributed by atoms with Gasteiger partial charge in [0, 0.05) is 11.6 Å². The van der Waals surface area contributed by atoms with E-state index in [2.05, 4.69) is 20.2 Å². The van der Waals surface area contributed by atoms with Crippen LogP contribution in [0.15, 0.2) is 30.7 Å². The van der Waals surface area contributed by atoms with Gasteiger partial charge in [-0.1, -0.05) is 5.46 Å². The lowest BCUT2D eigenvalue weighted by molar-refractivity contribution is 0.732. The first-order chi connectivity index (χ1) is 7.34. The van der Waals surface area contributed by atoms with Crippen molar-refractivity contribution in [2.24, 2.45) is 0 Å². The Morgan fingerprint density at radius 3 is 2.87 bits per heavy atom. The average Bonchev–Trinajstić information content (AvgIpc) is 2.88. The zero-order chi connectivity index (χ0) is 10.3. The van der Waals surface area contributed by atoms with Crippen LogP contribution in [0.3, 0.4) is 0 Å². The molecule has 5 nitrogen and oxygen atoms in total. The van der Waals surface area contributed by atoms with Crippen molar-refractivity contribution in [3.8, 4) is 5.82 Å². The lowest BCUT2D eigenvalue weighted by Crippen LogP contribution is -2.10. The van der Waals surface area contributed by atoms with Crippen LogP contribution in [-0.2, 0) is 0 Å². The first-order valence-electron chi connectivity index (χ1n) is 4.45. The van der Waals surface area contributed by atoms with Gasteiger partial charge in [0.25, 0.3) is 0 Å². The fraction of sp³-hybridized carbons (Fsp3) is 0. The van der Waals surface area contributed by atoms with Crippen LogP contribution in [0.1, 0.15) is 0 Å². The molecule has 0 atom stereocenters. The number of pyridine rings is 1. The summed E-state index contributed by atoms with van der Waals surface area (Å²) in [5.41, 5.74) is 1.40. The smallest absolute Gasteiger partial charge is 0.175 e. The fourth-order valence-electron chi connectivity index (χ4n) is 1.49. The van der Waals surface area contributed by atoms with E-state index < -0.39 is 0 Å². The van der Waals surface area contributed by atoms with E-state index in [0.29, 0.717) is 11.3 Å².